The molecule has 5 heteroatoms. The zero-order valence-corrected chi connectivity index (χ0v) is 10.9. The fourth-order valence-corrected chi connectivity index (χ4v) is 2.40. The smallest absolute Gasteiger partial charge is 0.147 e. The van der Waals surface area contributed by atoms with Crippen molar-refractivity contribution in [2.45, 2.75) is 0 Å². The molecule has 1 rings (SSSR count). The maximum absolute atomic E-state index is 5.64. The number of anilines is 1. The Morgan fingerprint density at radius 1 is 1.21 bits per heavy atom. The summed E-state index contributed by atoms with van der Waals surface area (Å²) in [4.78, 5) is 0. The highest BCUT2D eigenvalue weighted by molar-refractivity contribution is 9.11. The normalized spacial score (nSPS) is 10.2. The van der Waals surface area contributed by atoms with Gasteiger partial charge in [-0.2, -0.15) is 0 Å². The third kappa shape index (κ3) is 3.15. The minimum atomic E-state index is 0.512. The van der Waals surface area contributed by atoms with E-state index in [1.54, 1.807) is 19.2 Å². The van der Waals surface area contributed by atoms with Crippen LogP contribution in [0.25, 0.3) is 0 Å². The highest BCUT2D eigenvalue weighted by Crippen LogP contribution is 2.35. The Morgan fingerprint density at radius 3 is 2.29 bits per heavy atom. The van der Waals surface area contributed by atoms with E-state index in [1.165, 1.54) is 0 Å². The summed E-state index contributed by atoms with van der Waals surface area (Å²) < 4.78 is 12.0. The molecule has 3 nitrogen and oxygen atoms in total. The summed E-state index contributed by atoms with van der Waals surface area (Å²) in [5, 5.41) is 0. The van der Waals surface area contributed by atoms with Crippen LogP contribution in [0.5, 0.6) is 5.75 Å². The van der Waals surface area contributed by atoms with Crippen molar-refractivity contribution in [1.82, 2.24) is 0 Å². The summed E-state index contributed by atoms with van der Waals surface area (Å²) in [6, 6.07) is 3.60. The average Bonchev–Trinajstić information content (AvgIpc) is 2.09. The second-order valence-electron chi connectivity index (χ2n) is 2.65. The van der Waals surface area contributed by atoms with Gasteiger partial charge in [-0.1, -0.05) is 0 Å². The maximum atomic E-state index is 5.64. The molecule has 78 valence electrons. The molecule has 14 heavy (non-hydrogen) atoms. The molecule has 0 fully saturated rings. The first-order valence-electron chi connectivity index (χ1n) is 4.01. The van der Waals surface area contributed by atoms with Crippen molar-refractivity contribution in [2.24, 2.45) is 0 Å². The van der Waals surface area contributed by atoms with Crippen LogP contribution in [0.4, 0.5) is 5.69 Å². The third-order valence-electron chi connectivity index (χ3n) is 1.55. The molecule has 0 heterocycles. The maximum Gasteiger partial charge on any atom is 0.147 e. The van der Waals surface area contributed by atoms with E-state index in [2.05, 4.69) is 31.9 Å². The number of nitrogen functional groups attached to an aromatic ring is 1. The van der Waals surface area contributed by atoms with Crippen LogP contribution in [0, 0.1) is 0 Å². The fraction of sp³-hybridized carbons (Fsp3) is 0.333. The summed E-state index contributed by atoms with van der Waals surface area (Å²) in [6.07, 6.45) is 0. The highest BCUT2D eigenvalue weighted by atomic mass is 79.9. The molecule has 0 aliphatic carbocycles. The lowest BCUT2D eigenvalue weighted by Crippen LogP contribution is -2.05. The van der Waals surface area contributed by atoms with Crippen LogP contribution < -0.4 is 10.5 Å². The molecule has 0 atom stereocenters. The van der Waals surface area contributed by atoms with Gasteiger partial charge in [-0.3, -0.25) is 0 Å². The lowest BCUT2D eigenvalue weighted by molar-refractivity contribution is 0.145. The molecule has 0 unspecified atom stereocenters. The Bertz CT molecular complexity index is 295. The summed E-state index contributed by atoms with van der Waals surface area (Å²) in [5.74, 6) is 0.747. The van der Waals surface area contributed by atoms with Gasteiger partial charge in [-0.15, -0.1) is 0 Å². The largest absolute Gasteiger partial charge is 0.489 e. The summed E-state index contributed by atoms with van der Waals surface area (Å²) in [6.45, 7) is 1.07. The van der Waals surface area contributed by atoms with Gasteiger partial charge >= 0.3 is 0 Å². The Balaban J connectivity index is 2.75. The second-order valence-corrected chi connectivity index (χ2v) is 4.36. The van der Waals surface area contributed by atoms with Gasteiger partial charge in [0.05, 0.1) is 15.6 Å². The van der Waals surface area contributed by atoms with Gasteiger partial charge in [-0.25, -0.2) is 0 Å². The van der Waals surface area contributed by atoms with Gasteiger partial charge in [0, 0.05) is 12.8 Å². The Hall–Kier alpha value is -0.260. The van der Waals surface area contributed by atoms with Crippen molar-refractivity contribution in [2.75, 3.05) is 26.1 Å². The summed E-state index contributed by atoms with van der Waals surface area (Å²) >= 11 is 6.75. The van der Waals surface area contributed by atoms with E-state index in [4.69, 9.17) is 15.2 Å². The number of hydrogen-bond acceptors (Lipinski definition) is 3. The zero-order valence-electron chi connectivity index (χ0n) is 7.72. The van der Waals surface area contributed by atoms with Gasteiger partial charge < -0.3 is 15.2 Å². The number of hydrogen-bond donors (Lipinski definition) is 1. The molecule has 0 bridgehead atoms. The number of halogens is 2. The van der Waals surface area contributed by atoms with Crippen LogP contribution in [0.15, 0.2) is 21.1 Å². The quantitative estimate of drug-likeness (QED) is 0.684. The fourth-order valence-electron chi connectivity index (χ4n) is 0.944. The van der Waals surface area contributed by atoms with Crippen LogP contribution in [-0.4, -0.2) is 20.3 Å². The molecule has 1 aromatic rings. The lowest BCUT2D eigenvalue weighted by atomic mass is 10.3. The van der Waals surface area contributed by atoms with Gasteiger partial charge in [-0.05, 0) is 44.0 Å². The third-order valence-corrected chi connectivity index (χ3v) is 2.73. The molecule has 0 amide bonds. The topological polar surface area (TPSA) is 44.5 Å². The summed E-state index contributed by atoms with van der Waals surface area (Å²) in [5.41, 5.74) is 6.33. The molecule has 0 aliphatic heterocycles. The zero-order chi connectivity index (χ0) is 10.6. The van der Waals surface area contributed by atoms with E-state index < -0.39 is 0 Å². The van der Waals surface area contributed by atoms with Gasteiger partial charge in [0.1, 0.15) is 12.4 Å². The minimum Gasteiger partial charge on any atom is -0.489 e. The molecule has 0 spiro atoms. The van der Waals surface area contributed by atoms with Gasteiger partial charge in [0.15, 0.2) is 0 Å². The number of nitrogens with two attached hydrogens (primary N) is 1. The van der Waals surface area contributed by atoms with E-state index in [9.17, 15) is 0 Å². The van der Waals surface area contributed by atoms with Crippen LogP contribution >= 0.6 is 31.9 Å². The predicted octanol–water partition coefficient (Wildman–Crippen LogP) is 2.82. The number of ether oxygens (including phenoxy) is 2. The van der Waals surface area contributed by atoms with Crippen molar-refractivity contribution in [3.05, 3.63) is 21.1 Å². The molecule has 0 aromatic heterocycles. The van der Waals surface area contributed by atoms with Crippen LogP contribution in [-0.2, 0) is 4.74 Å². The lowest BCUT2D eigenvalue weighted by Gasteiger charge is -2.10. The standard InChI is InChI=1S/C9H11Br2NO2/c1-13-2-3-14-9-7(10)4-6(12)5-8(9)11/h4-5H,2-3,12H2,1H3. The monoisotopic (exact) mass is 323 g/mol. The van der Waals surface area contributed by atoms with Crippen LogP contribution in [0.1, 0.15) is 0 Å². The van der Waals surface area contributed by atoms with Gasteiger partial charge in [0.2, 0.25) is 0 Å². The molecule has 0 radical (unpaired) electrons. The Labute approximate surface area is 99.8 Å². The van der Waals surface area contributed by atoms with Crippen LogP contribution in [0.2, 0.25) is 0 Å². The molecular weight excluding hydrogens is 314 g/mol. The van der Waals surface area contributed by atoms with E-state index >= 15 is 0 Å². The predicted molar refractivity (Wildman–Crippen MR) is 63.6 cm³/mol. The van der Waals surface area contributed by atoms with E-state index in [1.807, 2.05) is 0 Å². The molecule has 1 aromatic carbocycles. The molecular formula is C9H11Br2NO2. The summed E-state index contributed by atoms with van der Waals surface area (Å²) in [7, 11) is 1.64. The first-order valence-corrected chi connectivity index (χ1v) is 5.60. The van der Waals surface area contributed by atoms with Crippen molar-refractivity contribution in [1.29, 1.82) is 0 Å². The first-order chi connectivity index (χ1) is 6.65. The Morgan fingerprint density at radius 2 is 1.79 bits per heavy atom. The van der Waals surface area contributed by atoms with Crippen molar-refractivity contribution >= 4 is 37.5 Å². The highest BCUT2D eigenvalue weighted by Gasteiger charge is 2.07. The van der Waals surface area contributed by atoms with Crippen molar-refractivity contribution < 1.29 is 9.47 Å². The number of methoxy groups -OCH3 is 1. The molecule has 0 saturated carbocycles. The van der Waals surface area contributed by atoms with Crippen molar-refractivity contribution in [3.8, 4) is 5.75 Å². The molecule has 0 aliphatic rings. The first kappa shape index (κ1) is 11.8. The Kier molecular flexibility index (Phi) is 4.71. The van der Waals surface area contributed by atoms with Crippen molar-refractivity contribution in [3.63, 3.8) is 0 Å². The average molecular weight is 325 g/mol. The molecule has 2 N–H and O–H groups in total. The SMILES string of the molecule is COCCOc1c(Br)cc(N)cc1Br. The van der Waals surface area contributed by atoms with E-state index in [0.717, 1.165) is 14.7 Å². The van der Waals surface area contributed by atoms with E-state index in [-0.39, 0.29) is 0 Å². The second kappa shape index (κ2) is 5.58. The van der Waals surface area contributed by atoms with E-state index in [0.29, 0.717) is 18.9 Å². The van der Waals surface area contributed by atoms with Crippen LogP contribution in [0.3, 0.4) is 0 Å². The minimum absolute atomic E-state index is 0.512. The molecule has 0 saturated heterocycles. The van der Waals surface area contributed by atoms with Gasteiger partial charge in [0.25, 0.3) is 0 Å². The number of rotatable bonds is 4. The number of benzene rings is 1.